The second-order valence-electron chi connectivity index (χ2n) is 4.07. The second-order valence-corrected chi connectivity index (χ2v) is 5.23. The highest BCUT2D eigenvalue weighted by atomic mass is 127. The van der Waals surface area contributed by atoms with Crippen LogP contribution in [0.4, 0.5) is 0 Å². The van der Waals surface area contributed by atoms with Gasteiger partial charge in [0.25, 0.3) is 5.56 Å². The van der Waals surface area contributed by atoms with Crippen LogP contribution in [0.15, 0.2) is 47.3 Å². The summed E-state index contributed by atoms with van der Waals surface area (Å²) in [6.07, 6.45) is 0. The lowest BCUT2D eigenvalue weighted by Gasteiger charge is -2.07. The average Bonchev–Trinajstić information content (AvgIpc) is 2.38. The monoisotopic (exact) mass is 364 g/mol. The Morgan fingerprint density at radius 3 is 2.68 bits per heavy atom. The Hall–Kier alpha value is -1.89. The number of H-pyrrole nitrogens is 1. The van der Waals surface area contributed by atoms with Crippen molar-refractivity contribution in [2.24, 2.45) is 0 Å². The van der Waals surface area contributed by atoms with Gasteiger partial charge in [-0.15, -0.1) is 0 Å². The van der Waals surface area contributed by atoms with E-state index in [4.69, 9.17) is 0 Å². The molecule has 19 heavy (non-hydrogen) atoms. The maximum atomic E-state index is 12.0. The van der Waals surface area contributed by atoms with Crippen molar-refractivity contribution in [1.29, 1.82) is 0 Å². The SMILES string of the molecule is O=c1[nH]c(-c2c(O)cccc2I)nc2ccccc12. The van der Waals surface area contributed by atoms with Crippen LogP contribution < -0.4 is 5.56 Å². The predicted molar refractivity (Wildman–Crippen MR) is 82.2 cm³/mol. The maximum absolute atomic E-state index is 12.0. The molecule has 0 spiro atoms. The van der Waals surface area contributed by atoms with E-state index in [-0.39, 0.29) is 11.3 Å². The lowest BCUT2D eigenvalue weighted by atomic mass is 10.1. The van der Waals surface area contributed by atoms with Crippen molar-refractivity contribution in [2.75, 3.05) is 0 Å². The van der Waals surface area contributed by atoms with Gasteiger partial charge in [0, 0.05) is 3.57 Å². The van der Waals surface area contributed by atoms with Crippen molar-refractivity contribution in [3.8, 4) is 17.1 Å². The van der Waals surface area contributed by atoms with Crippen LogP contribution in [0.2, 0.25) is 0 Å². The summed E-state index contributed by atoms with van der Waals surface area (Å²) in [7, 11) is 0. The van der Waals surface area contributed by atoms with Crippen LogP contribution in [0.1, 0.15) is 0 Å². The van der Waals surface area contributed by atoms with Gasteiger partial charge in [-0.25, -0.2) is 4.98 Å². The minimum absolute atomic E-state index is 0.102. The van der Waals surface area contributed by atoms with Crippen LogP contribution in [-0.2, 0) is 0 Å². The number of phenols is 1. The Balaban J connectivity index is 2.35. The lowest BCUT2D eigenvalue weighted by Crippen LogP contribution is -2.09. The Bertz CT molecular complexity index is 807. The molecular weight excluding hydrogens is 355 g/mol. The van der Waals surface area contributed by atoms with Crippen molar-refractivity contribution in [2.45, 2.75) is 0 Å². The summed E-state index contributed by atoms with van der Waals surface area (Å²) < 4.78 is 0.830. The number of phenolic OH excluding ortho intramolecular Hbond substituents is 1. The van der Waals surface area contributed by atoms with E-state index in [2.05, 4.69) is 32.6 Å². The molecule has 0 fully saturated rings. The number of fused-ring (bicyclic) bond motifs is 1. The van der Waals surface area contributed by atoms with Gasteiger partial charge in [-0.05, 0) is 46.9 Å². The van der Waals surface area contributed by atoms with Gasteiger partial charge in [-0.1, -0.05) is 18.2 Å². The molecule has 0 atom stereocenters. The van der Waals surface area contributed by atoms with E-state index in [1.165, 1.54) is 0 Å². The molecule has 0 bridgehead atoms. The van der Waals surface area contributed by atoms with Crippen LogP contribution in [0.5, 0.6) is 5.75 Å². The van der Waals surface area contributed by atoms with Gasteiger partial charge in [0.1, 0.15) is 11.6 Å². The molecule has 0 saturated carbocycles. The predicted octanol–water partition coefficient (Wildman–Crippen LogP) is 2.90. The highest BCUT2D eigenvalue weighted by Crippen LogP contribution is 2.31. The third kappa shape index (κ3) is 2.10. The number of aromatic amines is 1. The Morgan fingerprint density at radius 1 is 1.11 bits per heavy atom. The molecule has 0 unspecified atom stereocenters. The molecule has 1 aromatic heterocycles. The summed E-state index contributed by atoms with van der Waals surface area (Å²) in [4.78, 5) is 19.1. The zero-order valence-corrected chi connectivity index (χ0v) is 11.9. The quantitative estimate of drug-likeness (QED) is 0.653. The van der Waals surface area contributed by atoms with E-state index in [9.17, 15) is 9.90 Å². The smallest absolute Gasteiger partial charge is 0.259 e. The first-order valence-electron chi connectivity index (χ1n) is 5.64. The molecule has 0 aliphatic heterocycles. The Kier molecular flexibility index (Phi) is 2.98. The molecule has 0 amide bonds. The number of hydrogen-bond acceptors (Lipinski definition) is 3. The second kappa shape index (κ2) is 4.65. The molecule has 5 heteroatoms. The van der Waals surface area contributed by atoms with Gasteiger partial charge < -0.3 is 10.1 Å². The standard InChI is InChI=1S/C14H9IN2O2/c15-9-5-3-7-11(18)12(9)13-16-10-6-2-1-4-8(10)14(19)17-13/h1-7,18H,(H,16,17,19). The average molecular weight is 364 g/mol. The van der Waals surface area contributed by atoms with Gasteiger partial charge >= 0.3 is 0 Å². The highest BCUT2D eigenvalue weighted by Gasteiger charge is 2.12. The van der Waals surface area contributed by atoms with Crippen molar-refractivity contribution in [1.82, 2.24) is 9.97 Å². The van der Waals surface area contributed by atoms with Crippen molar-refractivity contribution in [3.63, 3.8) is 0 Å². The fraction of sp³-hybridized carbons (Fsp3) is 0. The first-order chi connectivity index (χ1) is 9.16. The van der Waals surface area contributed by atoms with E-state index in [0.717, 1.165) is 3.57 Å². The number of nitrogens with zero attached hydrogens (tertiary/aromatic N) is 1. The number of aromatic nitrogens is 2. The third-order valence-electron chi connectivity index (χ3n) is 2.84. The zero-order valence-electron chi connectivity index (χ0n) is 9.72. The van der Waals surface area contributed by atoms with Crippen LogP contribution in [-0.4, -0.2) is 15.1 Å². The van der Waals surface area contributed by atoms with E-state index in [0.29, 0.717) is 22.3 Å². The number of nitrogens with one attached hydrogen (secondary N) is 1. The van der Waals surface area contributed by atoms with Crippen LogP contribution in [0.3, 0.4) is 0 Å². The minimum Gasteiger partial charge on any atom is -0.507 e. The van der Waals surface area contributed by atoms with Crippen LogP contribution in [0.25, 0.3) is 22.3 Å². The fourth-order valence-electron chi connectivity index (χ4n) is 1.95. The van der Waals surface area contributed by atoms with Crippen molar-refractivity contribution < 1.29 is 5.11 Å². The Labute approximate surface area is 122 Å². The summed E-state index contributed by atoms with van der Waals surface area (Å²) in [5.74, 6) is 0.483. The minimum atomic E-state index is -0.209. The summed E-state index contributed by atoms with van der Waals surface area (Å²) in [6, 6.07) is 12.3. The van der Waals surface area contributed by atoms with Gasteiger partial charge in [-0.2, -0.15) is 0 Å². The molecule has 0 radical (unpaired) electrons. The molecule has 3 rings (SSSR count). The molecule has 0 aliphatic rings. The largest absolute Gasteiger partial charge is 0.507 e. The maximum Gasteiger partial charge on any atom is 0.259 e. The molecule has 0 saturated heterocycles. The number of hydrogen-bond donors (Lipinski definition) is 2. The summed E-state index contributed by atoms with van der Waals surface area (Å²) in [6.45, 7) is 0. The first-order valence-corrected chi connectivity index (χ1v) is 6.71. The Morgan fingerprint density at radius 2 is 1.89 bits per heavy atom. The topological polar surface area (TPSA) is 66.0 Å². The molecular formula is C14H9IN2O2. The van der Waals surface area contributed by atoms with Gasteiger partial charge in [-0.3, -0.25) is 4.79 Å². The number of rotatable bonds is 1. The summed E-state index contributed by atoms with van der Waals surface area (Å²) >= 11 is 2.10. The molecule has 2 N–H and O–H groups in total. The molecule has 94 valence electrons. The van der Waals surface area contributed by atoms with E-state index >= 15 is 0 Å². The molecule has 3 aromatic rings. The molecule has 2 aromatic carbocycles. The number of aromatic hydroxyl groups is 1. The molecule has 0 aliphatic carbocycles. The molecule has 4 nitrogen and oxygen atoms in total. The summed E-state index contributed by atoms with van der Waals surface area (Å²) in [5.41, 5.74) is 0.950. The van der Waals surface area contributed by atoms with Gasteiger partial charge in [0.05, 0.1) is 16.5 Å². The van der Waals surface area contributed by atoms with Gasteiger partial charge in [0.2, 0.25) is 0 Å². The van der Waals surface area contributed by atoms with Crippen molar-refractivity contribution >= 4 is 33.5 Å². The first kappa shape index (κ1) is 12.2. The van der Waals surface area contributed by atoms with Crippen LogP contribution in [0, 0.1) is 3.57 Å². The number of halogens is 1. The normalized spacial score (nSPS) is 10.8. The number of para-hydroxylation sites is 1. The van der Waals surface area contributed by atoms with Crippen LogP contribution >= 0.6 is 22.6 Å². The summed E-state index contributed by atoms with van der Waals surface area (Å²) in [5, 5.41) is 10.5. The highest BCUT2D eigenvalue weighted by molar-refractivity contribution is 14.1. The third-order valence-corrected chi connectivity index (χ3v) is 3.74. The van der Waals surface area contributed by atoms with Gasteiger partial charge in [0.15, 0.2) is 0 Å². The van der Waals surface area contributed by atoms with E-state index < -0.39 is 0 Å². The van der Waals surface area contributed by atoms with E-state index in [1.54, 1.807) is 30.3 Å². The fourth-order valence-corrected chi connectivity index (χ4v) is 2.69. The number of benzene rings is 2. The van der Waals surface area contributed by atoms with E-state index in [1.807, 2.05) is 12.1 Å². The molecule has 1 heterocycles. The lowest BCUT2D eigenvalue weighted by molar-refractivity contribution is 0.476. The zero-order chi connectivity index (χ0) is 13.4. The van der Waals surface area contributed by atoms with Crippen molar-refractivity contribution in [3.05, 3.63) is 56.4 Å².